The van der Waals surface area contributed by atoms with Crippen molar-refractivity contribution in [2.45, 2.75) is 0 Å². The van der Waals surface area contributed by atoms with Crippen LogP contribution in [0.15, 0.2) is 24.3 Å². The van der Waals surface area contributed by atoms with Gasteiger partial charge in [-0.1, -0.05) is 12.0 Å². The topological polar surface area (TPSA) is 60.2 Å². The summed E-state index contributed by atoms with van der Waals surface area (Å²) in [5.41, 5.74) is 1.17. The lowest BCUT2D eigenvalue weighted by molar-refractivity contribution is 0.608. The molecule has 0 saturated carbocycles. The number of nitrogens with two attached hydrogens (primary N) is 1. The number of benzene rings is 1. The fourth-order valence-corrected chi connectivity index (χ4v) is 1.08. The zero-order valence-electron chi connectivity index (χ0n) is 7.19. The minimum Gasteiger partial charge on any atom is -0.218 e. The third-order valence-corrected chi connectivity index (χ3v) is 1.75. The Balaban J connectivity index is 3.10. The van der Waals surface area contributed by atoms with Crippen molar-refractivity contribution in [2.24, 2.45) is 5.14 Å². The Labute approximate surface area is 83.0 Å². The van der Waals surface area contributed by atoms with Gasteiger partial charge in [-0.25, -0.2) is 5.14 Å². The minimum atomic E-state index is -3.75. The molecule has 1 aromatic rings. The van der Waals surface area contributed by atoms with Crippen molar-refractivity contribution in [1.29, 1.82) is 0 Å². The average molecular weight is 205 g/mol. The van der Waals surface area contributed by atoms with E-state index in [4.69, 9.17) is 11.6 Å². The Bertz CT molecular complexity index is 541. The van der Waals surface area contributed by atoms with Crippen LogP contribution < -0.4 is 5.14 Å². The molecule has 0 bridgehead atoms. The summed E-state index contributed by atoms with van der Waals surface area (Å²) < 4.78 is 21.0. The van der Waals surface area contributed by atoms with E-state index in [0.717, 1.165) is 0 Å². The van der Waals surface area contributed by atoms with Gasteiger partial charge < -0.3 is 0 Å². The van der Waals surface area contributed by atoms with Gasteiger partial charge >= 0.3 is 0 Å². The van der Waals surface area contributed by atoms with Gasteiger partial charge in [0.15, 0.2) is 0 Å². The number of hydrogen-bond donors (Lipinski definition) is 1. The smallest absolute Gasteiger partial charge is 0.218 e. The first kappa shape index (κ1) is 10.3. The molecule has 0 amide bonds. The van der Waals surface area contributed by atoms with E-state index in [9.17, 15) is 8.42 Å². The summed E-state index contributed by atoms with van der Waals surface area (Å²) in [5.74, 6) is 4.82. The van der Waals surface area contributed by atoms with Crippen LogP contribution in [0.25, 0.3) is 0 Å². The molecule has 0 aliphatic rings. The summed E-state index contributed by atoms with van der Waals surface area (Å²) in [4.78, 5) is 0. The largest absolute Gasteiger partial charge is 0.278 e. The van der Waals surface area contributed by atoms with Crippen molar-refractivity contribution in [3.05, 3.63) is 35.4 Å². The van der Waals surface area contributed by atoms with Gasteiger partial charge in [0.25, 0.3) is 10.0 Å². The van der Waals surface area contributed by atoms with Crippen molar-refractivity contribution >= 4 is 10.0 Å². The van der Waals surface area contributed by atoms with Crippen LogP contribution in [-0.4, -0.2) is 8.42 Å². The molecule has 1 rings (SSSR count). The molecule has 0 saturated heterocycles. The summed E-state index contributed by atoms with van der Waals surface area (Å²) in [6, 6.07) is 6.68. The molecular weight excluding hydrogens is 198 g/mol. The van der Waals surface area contributed by atoms with E-state index in [-0.39, 0.29) is 0 Å². The Morgan fingerprint density at radius 2 is 1.93 bits per heavy atom. The van der Waals surface area contributed by atoms with Crippen LogP contribution in [0.1, 0.15) is 11.1 Å². The molecule has 2 N–H and O–H groups in total. The molecule has 70 valence electrons. The lowest BCUT2D eigenvalue weighted by atomic mass is 10.1. The highest BCUT2D eigenvalue weighted by Gasteiger charge is 1.93. The van der Waals surface area contributed by atoms with Crippen LogP contribution in [0.4, 0.5) is 0 Å². The Morgan fingerprint density at radius 3 is 2.50 bits per heavy atom. The fraction of sp³-hybridized carbons (Fsp3) is 0. The first-order valence-electron chi connectivity index (χ1n) is 3.63. The lowest BCUT2D eigenvalue weighted by Crippen LogP contribution is -2.07. The summed E-state index contributed by atoms with van der Waals surface area (Å²) in [6.45, 7) is 0. The van der Waals surface area contributed by atoms with Crippen LogP contribution in [0, 0.1) is 23.5 Å². The standard InChI is InChI=1S/C10H7NO2S/c1-2-9-4-3-5-10(8-9)6-7-14(11,12)13/h1,3-5,8H,(H2,11,12,13). The lowest BCUT2D eigenvalue weighted by Gasteiger charge is -1.90. The van der Waals surface area contributed by atoms with Crippen molar-refractivity contribution in [3.63, 3.8) is 0 Å². The van der Waals surface area contributed by atoms with E-state index >= 15 is 0 Å². The van der Waals surface area contributed by atoms with Gasteiger partial charge in [0.2, 0.25) is 0 Å². The van der Waals surface area contributed by atoms with Crippen LogP contribution in [0.3, 0.4) is 0 Å². The fourth-order valence-electron chi connectivity index (χ4n) is 0.817. The van der Waals surface area contributed by atoms with Gasteiger partial charge in [0, 0.05) is 16.4 Å². The molecule has 0 aromatic heterocycles. The maximum atomic E-state index is 10.5. The maximum Gasteiger partial charge on any atom is 0.278 e. The number of sulfonamides is 1. The molecule has 0 atom stereocenters. The summed E-state index contributed by atoms with van der Waals surface area (Å²) in [6.07, 6.45) is 5.16. The highest BCUT2D eigenvalue weighted by atomic mass is 32.2. The number of terminal acetylenes is 1. The molecule has 14 heavy (non-hydrogen) atoms. The maximum absolute atomic E-state index is 10.5. The van der Waals surface area contributed by atoms with E-state index in [1.54, 1.807) is 24.3 Å². The van der Waals surface area contributed by atoms with Crippen molar-refractivity contribution in [1.82, 2.24) is 0 Å². The van der Waals surface area contributed by atoms with Crippen molar-refractivity contribution in [2.75, 3.05) is 0 Å². The van der Waals surface area contributed by atoms with Crippen LogP contribution >= 0.6 is 0 Å². The predicted octanol–water partition coefficient (Wildman–Crippen LogP) is 0.265. The van der Waals surface area contributed by atoms with Gasteiger partial charge in [0.1, 0.15) is 0 Å². The molecule has 0 radical (unpaired) electrons. The summed E-state index contributed by atoms with van der Waals surface area (Å²) in [7, 11) is -3.75. The highest BCUT2D eigenvalue weighted by Crippen LogP contribution is 2.01. The molecule has 0 fully saturated rings. The normalized spacial score (nSPS) is 9.71. The van der Waals surface area contributed by atoms with Gasteiger partial charge in [-0.05, 0) is 24.1 Å². The van der Waals surface area contributed by atoms with Crippen molar-refractivity contribution in [3.8, 4) is 23.5 Å². The highest BCUT2D eigenvalue weighted by molar-refractivity contribution is 7.93. The van der Waals surface area contributed by atoms with Gasteiger partial charge in [-0.3, -0.25) is 0 Å². The number of primary sulfonamides is 1. The molecule has 0 unspecified atom stereocenters. The zero-order chi connectivity index (χ0) is 10.6. The van der Waals surface area contributed by atoms with E-state index in [2.05, 4.69) is 11.8 Å². The molecule has 3 nitrogen and oxygen atoms in total. The molecular formula is C10H7NO2S. The molecule has 0 spiro atoms. The molecule has 0 aliphatic carbocycles. The van der Waals surface area contributed by atoms with E-state index < -0.39 is 10.0 Å². The summed E-state index contributed by atoms with van der Waals surface area (Å²) in [5, 5.41) is 6.63. The van der Waals surface area contributed by atoms with Crippen molar-refractivity contribution < 1.29 is 8.42 Å². The monoisotopic (exact) mass is 205 g/mol. The predicted molar refractivity (Wildman–Crippen MR) is 54.4 cm³/mol. The van der Waals surface area contributed by atoms with Gasteiger partial charge in [-0.15, -0.1) is 6.42 Å². The zero-order valence-corrected chi connectivity index (χ0v) is 8.01. The second kappa shape index (κ2) is 3.97. The second-order valence-electron chi connectivity index (χ2n) is 2.50. The molecule has 0 aliphatic heterocycles. The van der Waals surface area contributed by atoms with E-state index in [1.807, 2.05) is 5.25 Å². The third kappa shape index (κ3) is 3.32. The molecule has 0 heterocycles. The Morgan fingerprint density at radius 1 is 1.29 bits per heavy atom. The number of hydrogen-bond acceptors (Lipinski definition) is 2. The third-order valence-electron chi connectivity index (χ3n) is 1.37. The van der Waals surface area contributed by atoms with Crippen LogP contribution in [0.2, 0.25) is 0 Å². The Hall–Kier alpha value is -1.75. The molecule has 4 heteroatoms. The van der Waals surface area contributed by atoms with Crippen LogP contribution in [0.5, 0.6) is 0 Å². The summed E-state index contributed by atoms with van der Waals surface area (Å²) >= 11 is 0. The van der Waals surface area contributed by atoms with Crippen LogP contribution in [-0.2, 0) is 10.0 Å². The minimum absolute atomic E-state index is 0.523. The molecule has 1 aromatic carbocycles. The van der Waals surface area contributed by atoms with Gasteiger partial charge in [-0.2, -0.15) is 8.42 Å². The van der Waals surface area contributed by atoms with E-state index in [1.165, 1.54) is 0 Å². The van der Waals surface area contributed by atoms with E-state index in [0.29, 0.717) is 11.1 Å². The SMILES string of the molecule is C#Cc1cccc(C#CS(N)(=O)=O)c1. The first-order chi connectivity index (χ1) is 6.51. The quantitative estimate of drug-likeness (QED) is 0.618. The average Bonchev–Trinajstić information content (AvgIpc) is 2.14. The second-order valence-corrected chi connectivity index (χ2v) is 3.79. The van der Waals surface area contributed by atoms with Gasteiger partial charge in [0.05, 0.1) is 0 Å². The number of rotatable bonds is 0. The Kier molecular flexibility index (Phi) is 2.93. The first-order valence-corrected chi connectivity index (χ1v) is 5.18.